The van der Waals surface area contributed by atoms with E-state index in [1.807, 2.05) is 31.2 Å². The van der Waals surface area contributed by atoms with Crippen LogP contribution >= 0.6 is 11.3 Å². The topological polar surface area (TPSA) is 118 Å². The van der Waals surface area contributed by atoms with Gasteiger partial charge in [-0.15, -0.1) is 11.3 Å². The first kappa shape index (κ1) is 24.4. The first-order valence-electron chi connectivity index (χ1n) is 11.4. The molecule has 1 atom stereocenters. The van der Waals surface area contributed by atoms with Gasteiger partial charge < -0.3 is 20.5 Å². The van der Waals surface area contributed by atoms with Crippen LogP contribution in [0.25, 0.3) is 11.1 Å². The van der Waals surface area contributed by atoms with Crippen LogP contribution in [0.2, 0.25) is 0 Å². The van der Waals surface area contributed by atoms with Crippen LogP contribution in [0, 0.1) is 6.92 Å². The highest BCUT2D eigenvalue weighted by Gasteiger charge is 2.29. The first-order valence-corrected chi connectivity index (χ1v) is 12.3. The minimum absolute atomic E-state index is 0.0251. The normalized spacial score (nSPS) is 13.0. The minimum atomic E-state index is -0.972. The summed E-state index contributed by atoms with van der Waals surface area (Å²) in [5, 5.41) is 15.0. The van der Waals surface area contributed by atoms with Crippen LogP contribution in [0.4, 0.5) is 4.79 Å². The van der Waals surface area contributed by atoms with Gasteiger partial charge >= 0.3 is 12.1 Å². The first-order chi connectivity index (χ1) is 16.9. The maximum atomic E-state index is 12.5. The number of hydrogen-bond acceptors (Lipinski definition) is 6. The summed E-state index contributed by atoms with van der Waals surface area (Å²) in [6, 6.07) is 15.8. The molecule has 0 spiro atoms. The molecule has 35 heavy (non-hydrogen) atoms. The van der Waals surface area contributed by atoms with Gasteiger partial charge in [0.2, 0.25) is 0 Å². The maximum Gasteiger partial charge on any atom is 0.407 e. The number of fused-ring (bicyclic) bond motifs is 3. The second-order valence-electron chi connectivity index (χ2n) is 8.37. The molecule has 8 nitrogen and oxygen atoms in total. The monoisotopic (exact) mass is 493 g/mol. The zero-order chi connectivity index (χ0) is 24.9. The van der Waals surface area contributed by atoms with Crippen molar-refractivity contribution in [2.24, 2.45) is 0 Å². The van der Waals surface area contributed by atoms with Crippen molar-refractivity contribution in [3.05, 3.63) is 75.2 Å². The molecule has 2 amide bonds. The molecule has 1 aromatic heterocycles. The highest BCUT2D eigenvalue weighted by Crippen LogP contribution is 2.44. The number of nitrogens with one attached hydrogen (secondary N) is 2. The largest absolute Gasteiger partial charge is 0.481 e. The van der Waals surface area contributed by atoms with E-state index in [1.54, 1.807) is 6.92 Å². The number of aromatic nitrogens is 1. The molecule has 0 radical (unpaired) electrons. The highest BCUT2D eigenvalue weighted by molar-refractivity contribution is 7.11. The number of carbonyl (C=O) groups is 3. The van der Waals surface area contributed by atoms with E-state index < -0.39 is 24.0 Å². The van der Waals surface area contributed by atoms with Gasteiger partial charge in [-0.05, 0) is 35.6 Å². The molecule has 2 aromatic carbocycles. The van der Waals surface area contributed by atoms with Gasteiger partial charge in [0.05, 0.1) is 13.0 Å². The van der Waals surface area contributed by atoms with Gasteiger partial charge in [0.15, 0.2) is 0 Å². The van der Waals surface area contributed by atoms with Crippen molar-refractivity contribution >= 4 is 29.3 Å². The molecular formula is C26H27N3O5S. The standard InChI is InChI=1S/C26H27N3O5S/c1-3-16(12-23(30)31)28-25(32)24-15(2)35-22(29-24)13-27-26(33)34-14-21-19-10-6-4-8-17(19)18-9-5-7-11-20(18)21/h4-11,16,21H,3,12-14H2,1-2H3,(H,27,33)(H,28,32)(H,30,31)/t16-/m0/s1. The lowest BCUT2D eigenvalue weighted by molar-refractivity contribution is -0.137. The summed E-state index contributed by atoms with van der Waals surface area (Å²) in [5.41, 5.74) is 4.84. The number of hydrogen-bond donors (Lipinski definition) is 3. The average molecular weight is 494 g/mol. The van der Waals surface area contributed by atoms with Crippen molar-refractivity contribution in [2.75, 3.05) is 6.61 Å². The van der Waals surface area contributed by atoms with Gasteiger partial charge in [0, 0.05) is 16.8 Å². The molecule has 0 saturated carbocycles. The van der Waals surface area contributed by atoms with Crippen molar-refractivity contribution in [1.29, 1.82) is 0 Å². The van der Waals surface area contributed by atoms with Crippen molar-refractivity contribution in [2.45, 2.75) is 45.2 Å². The second-order valence-corrected chi connectivity index (χ2v) is 9.66. The molecule has 4 rings (SSSR count). The van der Waals surface area contributed by atoms with E-state index in [2.05, 4.69) is 39.9 Å². The third kappa shape index (κ3) is 5.51. The predicted molar refractivity (Wildman–Crippen MR) is 133 cm³/mol. The van der Waals surface area contributed by atoms with E-state index >= 15 is 0 Å². The van der Waals surface area contributed by atoms with E-state index in [4.69, 9.17) is 9.84 Å². The van der Waals surface area contributed by atoms with Gasteiger partial charge in [0.25, 0.3) is 5.91 Å². The van der Waals surface area contributed by atoms with Gasteiger partial charge in [0.1, 0.15) is 17.3 Å². The van der Waals surface area contributed by atoms with Crippen LogP contribution in [0.3, 0.4) is 0 Å². The summed E-state index contributed by atoms with van der Waals surface area (Å²) in [6.45, 7) is 3.92. The summed E-state index contributed by atoms with van der Waals surface area (Å²) in [6.07, 6.45) is -0.211. The lowest BCUT2D eigenvalue weighted by Crippen LogP contribution is -2.36. The highest BCUT2D eigenvalue weighted by atomic mass is 32.1. The van der Waals surface area contributed by atoms with Gasteiger partial charge in [-0.1, -0.05) is 55.5 Å². The summed E-state index contributed by atoms with van der Waals surface area (Å²) in [4.78, 5) is 40.9. The van der Waals surface area contributed by atoms with E-state index in [1.165, 1.54) is 11.3 Å². The van der Waals surface area contributed by atoms with Crippen LogP contribution in [0.15, 0.2) is 48.5 Å². The lowest BCUT2D eigenvalue weighted by atomic mass is 9.98. The summed E-state index contributed by atoms with van der Waals surface area (Å²) in [5.74, 6) is -1.41. The SMILES string of the molecule is CC[C@@H](CC(=O)O)NC(=O)c1nc(CNC(=O)OCC2c3ccccc3-c3ccccc32)sc1C. The fourth-order valence-electron chi connectivity index (χ4n) is 4.30. The Morgan fingerprint density at radius 1 is 1.09 bits per heavy atom. The molecule has 182 valence electrons. The molecule has 1 aliphatic rings. The number of aryl methyl sites for hydroxylation is 1. The molecule has 3 aromatic rings. The van der Waals surface area contributed by atoms with Crippen molar-refractivity contribution in [3.8, 4) is 11.1 Å². The Hall–Kier alpha value is -3.72. The molecule has 3 N–H and O–H groups in total. The number of rotatable bonds is 9. The van der Waals surface area contributed by atoms with E-state index in [0.29, 0.717) is 16.3 Å². The molecule has 1 aliphatic carbocycles. The third-order valence-electron chi connectivity index (χ3n) is 6.03. The molecule has 0 saturated heterocycles. The third-order valence-corrected chi connectivity index (χ3v) is 7.00. The number of carbonyl (C=O) groups excluding carboxylic acids is 2. The lowest BCUT2D eigenvalue weighted by Gasteiger charge is -2.14. The summed E-state index contributed by atoms with van der Waals surface area (Å²) >= 11 is 1.30. The Balaban J connectivity index is 1.33. The quantitative estimate of drug-likeness (QED) is 0.405. The van der Waals surface area contributed by atoms with E-state index in [0.717, 1.165) is 22.3 Å². The number of amides is 2. The Morgan fingerprint density at radius 3 is 2.31 bits per heavy atom. The smallest absolute Gasteiger partial charge is 0.407 e. The average Bonchev–Trinajstić information content (AvgIpc) is 3.38. The van der Waals surface area contributed by atoms with Crippen LogP contribution < -0.4 is 10.6 Å². The van der Waals surface area contributed by atoms with Gasteiger partial charge in [-0.25, -0.2) is 9.78 Å². The summed E-state index contributed by atoms with van der Waals surface area (Å²) < 4.78 is 5.54. The van der Waals surface area contributed by atoms with Crippen molar-refractivity contribution in [3.63, 3.8) is 0 Å². The minimum Gasteiger partial charge on any atom is -0.481 e. The maximum absolute atomic E-state index is 12.5. The number of aliphatic carboxylic acids is 1. The number of benzene rings is 2. The number of alkyl carbamates (subject to hydrolysis) is 1. The Labute approximate surface area is 207 Å². The number of carboxylic acid groups (broad SMARTS) is 1. The number of ether oxygens (including phenoxy) is 1. The zero-order valence-electron chi connectivity index (χ0n) is 19.5. The summed E-state index contributed by atoms with van der Waals surface area (Å²) in [7, 11) is 0. The van der Waals surface area contributed by atoms with Crippen LogP contribution in [0.5, 0.6) is 0 Å². The fraction of sp³-hybridized carbons (Fsp3) is 0.308. The van der Waals surface area contributed by atoms with Crippen molar-refractivity contribution in [1.82, 2.24) is 15.6 Å². The molecule has 0 unspecified atom stereocenters. The molecule has 1 heterocycles. The predicted octanol–water partition coefficient (Wildman–Crippen LogP) is 4.47. The zero-order valence-corrected chi connectivity index (χ0v) is 20.4. The van der Waals surface area contributed by atoms with Crippen molar-refractivity contribution < 1.29 is 24.2 Å². The van der Waals surface area contributed by atoms with Gasteiger partial charge in [-0.2, -0.15) is 0 Å². The molecule has 0 fully saturated rings. The second kappa shape index (κ2) is 10.7. The van der Waals surface area contributed by atoms with E-state index in [-0.39, 0.29) is 31.2 Å². The molecule has 0 bridgehead atoms. The van der Waals surface area contributed by atoms with Gasteiger partial charge in [-0.3, -0.25) is 9.59 Å². The Bertz CT molecular complexity index is 1210. The van der Waals surface area contributed by atoms with E-state index in [9.17, 15) is 14.4 Å². The fourth-order valence-corrected chi connectivity index (χ4v) is 5.17. The number of nitrogens with zero attached hydrogens (tertiary/aromatic N) is 1. The Morgan fingerprint density at radius 2 is 1.71 bits per heavy atom. The number of carboxylic acids is 1. The Kier molecular flexibility index (Phi) is 7.45. The van der Waals surface area contributed by atoms with Crippen LogP contribution in [-0.4, -0.2) is 40.7 Å². The number of thiazole rings is 1. The van der Waals surface area contributed by atoms with Crippen LogP contribution in [-0.2, 0) is 16.1 Å². The molecule has 9 heteroatoms. The van der Waals surface area contributed by atoms with Crippen LogP contribution in [0.1, 0.15) is 57.2 Å². The molecular weight excluding hydrogens is 466 g/mol. The molecule has 0 aliphatic heterocycles.